The van der Waals surface area contributed by atoms with E-state index in [-0.39, 0.29) is 27.3 Å². The van der Waals surface area contributed by atoms with Crippen LogP contribution >= 0.6 is 11.3 Å². The maximum atomic E-state index is 9.43. The van der Waals surface area contributed by atoms with Gasteiger partial charge in [-0.25, -0.2) is 0 Å². The number of nitriles is 1. The zero-order chi connectivity index (χ0) is 18.1. The first kappa shape index (κ1) is 17.4. The van der Waals surface area contributed by atoms with Crippen LogP contribution in [0.5, 0.6) is 5.75 Å². The Morgan fingerprint density at radius 3 is 2.85 bits per heavy atom. The van der Waals surface area contributed by atoms with Crippen LogP contribution < -0.4 is 25.9 Å². The van der Waals surface area contributed by atoms with Gasteiger partial charge in [-0.2, -0.15) is 0 Å². The van der Waals surface area contributed by atoms with Crippen molar-refractivity contribution >= 4 is 11.3 Å². The van der Waals surface area contributed by atoms with Gasteiger partial charge in [-0.3, -0.25) is 0 Å². The van der Waals surface area contributed by atoms with Gasteiger partial charge in [0.05, 0.1) is 0 Å². The zero-order valence-corrected chi connectivity index (χ0v) is 17.5. The second-order valence-electron chi connectivity index (χ2n) is 6.24. The van der Waals surface area contributed by atoms with Crippen molar-refractivity contribution in [1.29, 1.82) is 5.26 Å². The third kappa shape index (κ3) is 3.33. The van der Waals surface area contributed by atoms with Crippen molar-refractivity contribution in [3.8, 4) is 33.0 Å². The summed E-state index contributed by atoms with van der Waals surface area (Å²) >= 11 is 1.75. The van der Waals surface area contributed by atoms with Gasteiger partial charge >= 0.3 is 154 Å². The predicted octanol–water partition coefficient (Wildman–Crippen LogP) is 1.35. The summed E-state index contributed by atoms with van der Waals surface area (Å²) in [5, 5.41) is 20.0. The second kappa shape index (κ2) is 7.33. The van der Waals surface area contributed by atoms with Crippen LogP contribution in [-0.4, -0.2) is 20.7 Å². The molecule has 4 nitrogen and oxygen atoms in total. The molecule has 1 aliphatic heterocycles. The van der Waals surface area contributed by atoms with Gasteiger partial charge in [0, 0.05) is 0 Å². The summed E-state index contributed by atoms with van der Waals surface area (Å²) in [5.74, 6) is 0.612. The SMILES string of the molecule is CC(C)Oc1ccc(-c2nnc(-c3cccc4c3CC[I-]4)s2)cc1C#N. The zero-order valence-electron chi connectivity index (χ0n) is 14.5. The molecule has 0 saturated carbocycles. The molecule has 2 heterocycles. The Morgan fingerprint density at radius 2 is 2.04 bits per heavy atom. The summed E-state index contributed by atoms with van der Waals surface area (Å²) in [7, 11) is 0. The molecule has 0 amide bonds. The van der Waals surface area contributed by atoms with E-state index < -0.39 is 0 Å². The van der Waals surface area contributed by atoms with E-state index in [9.17, 15) is 5.26 Å². The molecule has 0 saturated heterocycles. The number of fused-ring (bicyclic) bond motifs is 1. The summed E-state index contributed by atoms with van der Waals surface area (Å²) in [6.07, 6.45) is 1.19. The first-order valence-corrected chi connectivity index (χ1v) is 11.8. The summed E-state index contributed by atoms with van der Waals surface area (Å²) in [5.41, 5.74) is 4.12. The van der Waals surface area contributed by atoms with Gasteiger partial charge in [0.15, 0.2) is 0 Å². The number of ether oxygens (including phenoxy) is 1. The Hall–Kier alpha value is -1.98. The molecule has 3 aromatic rings. The standard InChI is InChI=1S/C20H17IN3OS/c1-12(2)25-18-7-6-13(10-14(18)11-22)19-23-24-20(26-19)16-4-3-5-17-15(16)8-9-21-17/h3-7,10,12H,8-9H2,1-2H3/q-1. The molecular weight excluding hydrogens is 457 g/mol. The molecule has 132 valence electrons. The monoisotopic (exact) mass is 474 g/mol. The average molecular weight is 474 g/mol. The van der Waals surface area contributed by atoms with Crippen molar-refractivity contribution < 1.29 is 25.9 Å². The van der Waals surface area contributed by atoms with E-state index in [0.717, 1.165) is 22.0 Å². The number of hydrogen-bond acceptors (Lipinski definition) is 5. The van der Waals surface area contributed by atoms with Gasteiger partial charge in [0.1, 0.15) is 0 Å². The normalized spacial score (nSPS) is 13.2. The van der Waals surface area contributed by atoms with Crippen LogP contribution in [-0.2, 0) is 6.42 Å². The van der Waals surface area contributed by atoms with Crippen LogP contribution in [0.1, 0.15) is 25.0 Å². The van der Waals surface area contributed by atoms with Crippen molar-refractivity contribution in [3.05, 3.63) is 51.1 Å². The number of rotatable bonds is 4. The molecule has 26 heavy (non-hydrogen) atoms. The fourth-order valence-corrected chi connectivity index (χ4v) is 6.70. The van der Waals surface area contributed by atoms with Crippen LogP contribution in [0, 0.1) is 14.9 Å². The Morgan fingerprint density at radius 1 is 1.19 bits per heavy atom. The number of nitrogens with zero attached hydrogens (tertiary/aromatic N) is 3. The third-order valence-electron chi connectivity index (χ3n) is 4.07. The fraction of sp³-hybridized carbons (Fsp3) is 0.250. The quantitative estimate of drug-likeness (QED) is 0.423. The molecule has 0 fully saturated rings. The van der Waals surface area contributed by atoms with Crippen molar-refractivity contribution in [2.75, 3.05) is 4.43 Å². The number of alkyl halides is 1. The van der Waals surface area contributed by atoms with Gasteiger partial charge in [-0.1, -0.05) is 0 Å². The van der Waals surface area contributed by atoms with Crippen LogP contribution in [0.3, 0.4) is 0 Å². The fourth-order valence-electron chi connectivity index (χ4n) is 2.94. The van der Waals surface area contributed by atoms with E-state index in [1.54, 1.807) is 14.9 Å². The van der Waals surface area contributed by atoms with Gasteiger partial charge in [0.2, 0.25) is 0 Å². The molecule has 6 heteroatoms. The molecule has 0 unspecified atom stereocenters. The van der Waals surface area contributed by atoms with E-state index in [1.807, 2.05) is 32.0 Å². The van der Waals surface area contributed by atoms with E-state index in [0.29, 0.717) is 11.3 Å². The Kier molecular flexibility index (Phi) is 4.92. The van der Waals surface area contributed by atoms with Crippen molar-refractivity contribution in [2.24, 2.45) is 0 Å². The second-order valence-corrected chi connectivity index (χ2v) is 10.2. The molecule has 2 aromatic carbocycles. The summed E-state index contributed by atoms with van der Waals surface area (Å²) in [6.45, 7) is 3.90. The molecule has 4 rings (SSSR count). The van der Waals surface area contributed by atoms with E-state index >= 15 is 0 Å². The molecule has 1 aliphatic rings. The Labute approximate surface area is 167 Å². The molecule has 0 radical (unpaired) electrons. The van der Waals surface area contributed by atoms with Gasteiger partial charge in [-0.05, 0) is 13.8 Å². The van der Waals surface area contributed by atoms with E-state index in [4.69, 9.17) is 4.74 Å². The minimum absolute atomic E-state index is 0.0315. The van der Waals surface area contributed by atoms with E-state index in [2.05, 4.69) is 34.5 Å². The maximum absolute atomic E-state index is 9.43. The number of aromatic nitrogens is 2. The molecule has 0 spiro atoms. The number of hydrogen-bond donors (Lipinski definition) is 0. The summed E-state index contributed by atoms with van der Waals surface area (Å²) < 4.78 is 8.56. The van der Waals surface area contributed by atoms with Gasteiger partial charge in [0.25, 0.3) is 0 Å². The third-order valence-corrected chi connectivity index (χ3v) is 7.98. The van der Waals surface area contributed by atoms with Crippen LogP contribution in [0.15, 0.2) is 36.4 Å². The summed E-state index contributed by atoms with van der Waals surface area (Å²) in [4.78, 5) is 0. The Bertz CT molecular complexity index is 1010. The van der Waals surface area contributed by atoms with Crippen molar-refractivity contribution in [3.63, 3.8) is 0 Å². The van der Waals surface area contributed by atoms with Crippen LogP contribution in [0.2, 0.25) is 0 Å². The number of halogens is 1. The Balaban J connectivity index is 1.69. The first-order chi connectivity index (χ1) is 12.7. The average Bonchev–Trinajstić information content (AvgIpc) is 3.30. The molecule has 0 N–H and O–H groups in total. The van der Waals surface area contributed by atoms with E-state index in [1.165, 1.54) is 15.6 Å². The molecule has 0 aliphatic carbocycles. The topological polar surface area (TPSA) is 58.8 Å². The number of benzene rings is 2. The van der Waals surface area contributed by atoms with Gasteiger partial charge < -0.3 is 0 Å². The predicted molar refractivity (Wildman–Crippen MR) is 98.5 cm³/mol. The minimum atomic E-state index is 0.0315. The molecule has 0 bridgehead atoms. The molecular formula is C20H17IN3OS-. The summed E-state index contributed by atoms with van der Waals surface area (Å²) in [6, 6.07) is 14.4. The van der Waals surface area contributed by atoms with Crippen LogP contribution in [0.4, 0.5) is 0 Å². The van der Waals surface area contributed by atoms with Crippen molar-refractivity contribution in [2.45, 2.75) is 26.4 Å². The molecule has 1 aromatic heterocycles. The van der Waals surface area contributed by atoms with Gasteiger partial charge in [-0.15, -0.1) is 0 Å². The van der Waals surface area contributed by atoms with Crippen LogP contribution in [0.25, 0.3) is 21.1 Å². The first-order valence-electron chi connectivity index (χ1n) is 8.42. The van der Waals surface area contributed by atoms with Crippen molar-refractivity contribution in [1.82, 2.24) is 10.2 Å². The molecule has 0 atom stereocenters.